The molecule has 2 fully saturated rings. The van der Waals surface area contributed by atoms with Gasteiger partial charge >= 0.3 is 0 Å². The molecular weight excluding hydrogens is 548 g/mol. The van der Waals surface area contributed by atoms with Crippen molar-refractivity contribution in [3.63, 3.8) is 0 Å². The summed E-state index contributed by atoms with van der Waals surface area (Å²) >= 11 is 1.52. The van der Waals surface area contributed by atoms with Gasteiger partial charge in [0.15, 0.2) is 5.82 Å². The molecule has 4 aromatic rings. The van der Waals surface area contributed by atoms with Crippen molar-refractivity contribution in [2.45, 2.75) is 32.4 Å². The number of amides is 1. The molecule has 0 radical (unpaired) electrons. The minimum Gasteiger partial charge on any atom is -0.391 e. The molecule has 1 aromatic carbocycles. The number of anilines is 2. The van der Waals surface area contributed by atoms with Crippen molar-refractivity contribution < 1.29 is 18.7 Å². The van der Waals surface area contributed by atoms with E-state index in [1.54, 1.807) is 23.2 Å². The minimum absolute atomic E-state index is 0.0360. The fraction of sp³-hybridized carbons (Fsp3) is 0.414. The summed E-state index contributed by atoms with van der Waals surface area (Å²) < 4.78 is 30.5. The van der Waals surface area contributed by atoms with E-state index in [0.717, 1.165) is 27.8 Å². The number of likely N-dealkylation sites (tertiary alicyclic amines) is 1. The third kappa shape index (κ3) is 5.90. The molecule has 41 heavy (non-hydrogen) atoms. The number of halogens is 2. The normalized spacial score (nSPS) is 18.0. The molecule has 1 amide bonds. The van der Waals surface area contributed by atoms with Crippen molar-refractivity contribution in [1.82, 2.24) is 24.2 Å². The van der Waals surface area contributed by atoms with Crippen LogP contribution in [0.1, 0.15) is 24.0 Å². The number of pyridine rings is 1. The largest absolute Gasteiger partial charge is 0.391 e. The van der Waals surface area contributed by atoms with Crippen LogP contribution >= 0.6 is 11.3 Å². The van der Waals surface area contributed by atoms with Gasteiger partial charge in [-0.25, -0.2) is 18.7 Å². The second-order valence-corrected chi connectivity index (χ2v) is 11.5. The van der Waals surface area contributed by atoms with E-state index in [-0.39, 0.29) is 17.5 Å². The van der Waals surface area contributed by atoms with E-state index >= 15 is 4.39 Å². The predicted octanol–water partition coefficient (Wildman–Crippen LogP) is 3.63. The SMILES string of the molecule is CCc1nc2cc(F)c(N3CCN(CC(=O)N4CCC(O)C4)CC3)cn2c1NCc1nc(-c2ccc(F)cc2)cs1. The Kier molecular flexibility index (Phi) is 7.87. The van der Waals surface area contributed by atoms with Crippen LogP contribution in [0.15, 0.2) is 41.9 Å². The van der Waals surface area contributed by atoms with Gasteiger partial charge in [0, 0.05) is 62.5 Å². The number of aryl methyl sites for hydroxylation is 1. The minimum atomic E-state index is -0.426. The lowest BCUT2D eigenvalue weighted by Crippen LogP contribution is -2.50. The number of imidazole rings is 1. The van der Waals surface area contributed by atoms with E-state index in [0.29, 0.717) is 76.5 Å². The zero-order chi connectivity index (χ0) is 28.5. The van der Waals surface area contributed by atoms with Crippen molar-refractivity contribution in [2.75, 3.05) is 56.0 Å². The van der Waals surface area contributed by atoms with Gasteiger partial charge in [-0.3, -0.25) is 14.1 Å². The van der Waals surface area contributed by atoms with Crippen molar-refractivity contribution >= 4 is 34.4 Å². The first-order valence-corrected chi connectivity index (χ1v) is 14.8. The van der Waals surface area contributed by atoms with Crippen LogP contribution in [-0.2, 0) is 17.8 Å². The van der Waals surface area contributed by atoms with Gasteiger partial charge in [-0.05, 0) is 37.1 Å². The van der Waals surface area contributed by atoms with Gasteiger partial charge in [0.1, 0.15) is 22.3 Å². The average Bonchev–Trinajstić information content (AvgIpc) is 3.71. The molecule has 3 aromatic heterocycles. The summed E-state index contributed by atoms with van der Waals surface area (Å²) in [7, 11) is 0. The third-order valence-corrected chi connectivity index (χ3v) is 8.63. The molecule has 6 rings (SSSR count). The first-order valence-electron chi connectivity index (χ1n) is 14.0. The zero-order valence-corrected chi connectivity index (χ0v) is 23.7. The Morgan fingerprint density at radius 3 is 2.61 bits per heavy atom. The highest BCUT2D eigenvalue weighted by molar-refractivity contribution is 7.10. The van der Waals surface area contributed by atoms with Gasteiger partial charge in [-0.1, -0.05) is 6.92 Å². The fourth-order valence-electron chi connectivity index (χ4n) is 5.48. The smallest absolute Gasteiger partial charge is 0.236 e. The maximum atomic E-state index is 15.3. The Morgan fingerprint density at radius 2 is 1.90 bits per heavy atom. The fourth-order valence-corrected chi connectivity index (χ4v) is 6.22. The Labute approximate surface area is 241 Å². The molecule has 0 spiro atoms. The molecule has 0 saturated carbocycles. The number of piperazine rings is 1. The van der Waals surface area contributed by atoms with E-state index in [1.165, 1.54) is 29.5 Å². The number of aliphatic hydroxyl groups excluding tert-OH is 1. The molecule has 2 N–H and O–H groups in total. The quantitative estimate of drug-likeness (QED) is 0.329. The number of β-amino-alcohol motifs (C(OH)–C–C–N with tert-alkyl or cyclic N) is 1. The number of nitrogens with one attached hydrogen (secondary N) is 1. The topological polar surface area (TPSA) is 89.2 Å². The van der Waals surface area contributed by atoms with Gasteiger partial charge in [-0.2, -0.15) is 0 Å². The number of hydrogen-bond donors (Lipinski definition) is 2. The van der Waals surface area contributed by atoms with E-state index in [2.05, 4.69) is 15.2 Å². The molecule has 2 saturated heterocycles. The van der Waals surface area contributed by atoms with Gasteiger partial charge in [-0.15, -0.1) is 11.3 Å². The number of carbonyl (C=O) groups is 1. The molecule has 5 heterocycles. The summed E-state index contributed by atoms with van der Waals surface area (Å²) in [6.07, 6.45) is 2.69. The van der Waals surface area contributed by atoms with Crippen LogP contribution in [0.3, 0.4) is 0 Å². The summed E-state index contributed by atoms with van der Waals surface area (Å²) in [5, 5.41) is 16.0. The number of aromatic nitrogens is 3. The Hall–Kier alpha value is -3.61. The van der Waals surface area contributed by atoms with E-state index in [4.69, 9.17) is 4.98 Å². The summed E-state index contributed by atoms with van der Waals surface area (Å²) in [5.41, 5.74) is 3.53. The molecule has 1 unspecified atom stereocenters. The Bertz CT molecular complexity index is 1530. The number of fused-ring (bicyclic) bond motifs is 1. The number of nitrogens with zero attached hydrogens (tertiary/aromatic N) is 6. The summed E-state index contributed by atoms with van der Waals surface area (Å²) in [6, 6.07) is 7.76. The van der Waals surface area contributed by atoms with E-state index < -0.39 is 6.10 Å². The van der Waals surface area contributed by atoms with Crippen LogP contribution in [0.5, 0.6) is 0 Å². The lowest BCUT2D eigenvalue weighted by molar-refractivity contribution is -0.131. The van der Waals surface area contributed by atoms with Crippen molar-refractivity contribution in [2.24, 2.45) is 0 Å². The molecule has 0 aliphatic carbocycles. The third-order valence-electron chi connectivity index (χ3n) is 7.78. The number of hydrogen-bond acceptors (Lipinski definition) is 8. The number of carbonyl (C=O) groups excluding carboxylic acids is 1. The Balaban J connectivity index is 1.14. The summed E-state index contributed by atoms with van der Waals surface area (Å²) in [6.45, 7) is 6.31. The summed E-state index contributed by atoms with van der Waals surface area (Å²) in [5.74, 6) is 0.238. The highest BCUT2D eigenvalue weighted by Gasteiger charge is 2.28. The second-order valence-electron chi connectivity index (χ2n) is 10.5. The number of rotatable bonds is 8. The van der Waals surface area contributed by atoms with Crippen LogP contribution in [0.2, 0.25) is 0 Å². The molecule has 12 heteroatoms. The lowest BCUT2D eigenvalue weighted by Gasteiger charge is -2.36. The molecular formula is C29H33F2N7O2S. The van der Waals surface area contributed by atoms with Crippen molar-refractivity contribution in [1.29, 1.82) is 0 Å². The van der Waals surface area contributed by atoms with E-state index in [9.17, 15) is 14.3 Å². The highest BCUT2D eigenvalue weighted by atomic mass is 32.1. The van der Waals surface area contributed by atoms with Gasteiger partial charge in [0.25, 0.3) is 0 Å². The van der Waals surface area contributed by atoms with Crippen LogP contribution in [0.4, 0.5) is 20.3 Å². The van der Waals surface area contributed by atoms with Gasteiger partial charge < -0.3 is 20.2 Å². The van der Waals surface area contributed by atoms with Crippen molar-refractivity contribution in [3.05, 3.63) is 64.2 Å². The van der Waals surface area contributed by atoms with E-state index in [1.807, 2.05) is 21.6 Å². The van der Waals surface area contributed by atoms with Gasteiger partial charge in [0.05, 0.1) is 36.3 Å². The first kappa shape index (κ1) is 27.6. The molecule has 216 valence electrons. The summed E-state index contributed by atoms with van der Waals surface area (Å²) in [4.78, 5) is 27.8. The number of thiazole rings is 1. The predicted molar refractivity (Wildman–Crippen MR) is 155 cm³/mol. The Morgan fingerprint density at radius 1 is 1.12 bits per heavy atom. The second kappa shape index (κ2) is 11.7. The molecule has 0 bridgehead atoms. The van der Waals surface area contributed by atoms with Crippen molar-refractivity contribution in [3.8, 4) is 11.3 Å². The van der Waals surface area contributed by atoms with Crippen LogP contribution in [0.25, 0.3) is 16.9 Å². The first-order chi connectivity index (χ1) is 19.9. The molecule has 2 aliphatic heterocycles. The monoisotopic (exact) mass is 581 g/mol. The molecule has 9 nitrogen and oxygen atoms in total. The number of benzene rings is 1. The lowest BCUT2D eigenvalue weighted by atomic mass is 10.2. The standard InChI is InChI=1S/C29H33F2N7O2S/c1-2-23-29(32-14-27-34-24(18-41-27)19-3-5-20(30)6-4-19)38-16-25(22(31)13-26(38)33-23)36-11-9-35(10-12-36)17-28(40)37-8-7-21(39)15-37/h3-6,13,16,18,21,32,39H,2,7-12,14-15,17H2,1H3. The van der Waals surface area contributed by atoms with Crippen LogP contribution in [0, 0.1) is 11.6 Å². The maximum Gasteiger partial charge on any atom is 0.236 e. The highest BCUT2D eigenvalue weighted by Crippen LogP contribution is 2.28. The number of aliphatic hydroxyl groups is 1. The van der Waals surface area contributed by atoms with Crippen LogP contribution < -0.4 is 10.2 Å². The zero-order valence-electron chi connectivity index (χ0n) is 22.9. The maximum absolute atomic E-state index is 15.3. The average molecular weight is 582 g/mol. The van der Waals surface area contributed by atoms with Crippen LogP contribution in [-0.4, -0.2) is 87.1 Å². The molecule has 2 aliphatic rings. The molecule has 1 atom stereocenters. The van der Waals surface area contributed by atoms with Gasteiger partial charge in [0.2, 0.25) is 5.91 Å².